The van der Waals surface area contributed by atoms with Crippen molar-refractivity contribution in [3.05, 3.63) is 42.0 Å². The van der Waals surface area contributed by atoms with Gasteiger partial charge < -0.3 is 9.67 Å². The molecule has 2 aromatic rings. The highest BCUT2D eigenvalue weighted by Gasteiger charge is 2.08. The van der Waals surface area contributed by atoms with Crippen LogP contribution < -0.4 is 0 Å². The average molecular weight is 219 g/mol. The molecule has 2 heterocycles. The van der Waals surface area contributed by atoms with Crippen LogP contribution in [0.15, 0.2) is 30.7 Å². The van der Waals surface area contributed by atoms with Gasteiger partial charge >= 0.3 is 5.97 Å². The van der Waals surface area contributed by atoms with Crippen LogP contribution >= 0.6 is 0 Å². The van der Waals surface area contributed by atoms with Gasteiger partial charge in [-0.15, -0.1) is 0 Å². The number of aryl methyl sites for hydroxylation is 3. The number of hydrogen-bond acceptors (Lipinski definition) is 2. The summed E-state index contributed by atoms with van der Waals surface area (Å²) >= 11 is 0. The number of hydrogen-bond donors (Lipinski definition) is 1. The largest absolute Gasteiger partial charge is 0.477 e. The Morgan fingerprint density at radius 3 is 3.00 bits per heavy atom. The lowest BCUT2D eigenvalue weighted by Gasteiger charge is -2.04. The molecule has 5 heteroatoms. The van der Waals surface area contributed by atoms with Gasteiger partial charge in [-0.05, 0) is 24.1 Å². The molecule has 0 atom stereocenters. The lowest BCUT2D eigenvalue weighted by Crippen LogP contribution is -2.09. The van der Waals surface area contributed by atoms with Crippen LogP contribution in [0.4, 0.5) is 0 Å². The van der Waals surface area contributed by atoms with Crippen LogP contribution in [0.3, 0.4) is 0 Å². The number of carbonyl (C=O) groups is 1. The van der Waals surface area contributed by atoms with Gasteiger partial charge in [0.2, 0.25) is 0 Å². The number of aromatic nitrogens is 3. The van der Waals surface area contributed by atoms with Gasteiger partial charge in [0.1, 0.15) is 5.69 Å². The number of aromatic carboxylic acids is 1. The van der Waals surface area contributed by atoms with Crippen molar-refractivity contribution in [1.29, 1.82) is 0 Å². The Morgan fingerprint density at radius 2 is 2.38 bits per heavy atom. The highest BCUT2D eigenvalue weighted by molar-refractivity contribution is 5.85. The van der Waals surface area contributed by atoms with Gasteiger partial charge in [-0.25, -0.2) is 4.79 Å². The SMILES string of the molecule is Cn1cc(CCn2cccc2C(=O)O)cn1. The van der Waals surface area contributed by atoms with E-state index in [4.69, 9.17) is 5.11 Å². The van der Waals surface area contributed by atoms with Crippen molar-refractivity contribution in [3.63, 3.8) is 0 Å². The van der Waals surface area contributed by atoms with Crippen LogP contribution in [0.5, 0.6) is 0 Å². The first-order valence-corrected chi connectivity index (χ1v) is 5.03. The Morgan fingerprint density at radius 1 is 1.56 bits per heavy atom. The smallest absolute Gasteiger partial charge is 0.352 e. The highest BCUT2D eigenvalue weighted by Crippen LogP contribution is 2.05. The standard InChI is InChI=1S/C11H13N3O2/c1-13-8-9(7-12-13)4-6-14-5-2-3-10(14)11(15)16/h2-3,5,7-8H,4,6H2,1H3,(H,15,16). The first-order chi connectivity index (χ1) is 7.66. The van der Waals surface area contributed by atoms with Crippen LogP contribution in [0.2, 0.25) is 0 Å². The van der Waals surface area contributed by atoms with Gasteiger partial charge in [0.15, 0.2) is 0 Å². The molecule has 0 saturated heterocycles. The fourth-order valence-electron chi connectivity index (χ4n) is 1.65. The predicted molar refractivity (Wildman–Crippen MR) is 58.3 cm³/mol. The fourth-order valence-corrected chi connectivity index (χ4v) is 1.65. The van der Waals surface area contributed by atoms with Crippen LogP contribution in [0.1, 0.15) is 16.1 Å². The maximum atomic E-state index is 10.9. The summed E-state index contributed by atoms with van der Waals surface area (Å²) < 4.78 is 3.47. The molecule has 0 bridgehead atoms. The fraction of sp³-hybridized carbons (Fsp3) is 0.273. The lowest BCUT2D eigenvalue weighted by atomic mass is 10.2. The monoisotopic (exact) mass is 219 g/mol. The van der Waals surface area contributed by atoms with Crippen LogP contribution in [-0.2, 0) is 20.0 Å². The van der Waals surface area contributed by atoms with Crippen molar-refractivity contribution in [3.8, 4) is 0 Å². The summed E-state index contributed by atoms with van der Waals surface area (Å²) in [6.45, 7) is 0.653. The van der Waals surface area contributed by atoms with Crippen LogP contribution in [0, 0.1) is 0 Å². The van der Waals surface area contributed by atoms with E-state index in [1.165, 1.54) is 0 Å². The maximum Gasteiger partial charge on any atom is 0.352 e. The minimum atomic E-state index is -0.892. The van der Waals surface area contributed by atoms with Crippen LogP contribution in [0.25, 0.3) is 0 Å². The normalized spacial score (nSPS) is 10.6. The summed E-state index contributed by atoms with van der Waals surface area (Å²) in [5.74, 6) is -0.892. The third-order valence-corrected chi connectivity index (χ3v) is 2.45. The van der Waals surface area contributed by atoms with Crippen molar-refractivity contribution in [1.82, 2.24) is 14.3 Å². The molecule has 2 rings (SSSR count). The molecule has 0 aliphatic heterocycles. The van der Waals surface area contributed by atoms with Gasteiger partial charge in [-0.1, -0.05) is 0 Å². The lowest BCUT2D eigenvalue weighted by molar-refractivity contribution is 0.0685. The van der Waals surface area contributed by atoms with E-state index >= 15 is 0 Å². The van der Waals surface area contributed by atoms with Gasteiger partial charge in [-0.3, -0.25) is 4.68 Å². The van der Waals surface area contributed by atoms with Gasteiger partial charge in [0, 0.05) is 26.0 Å². The second kappa shape index (κ2) is 4.22. The van der Waals surface area contributed by atoms with Crippen molar-refractivity contribution in [2.75, 3.05) is 0 Å². The van der Waals surface area contributed by atoms with E-state index < -0.39 is 5.97 Å². The average Bonchev–Trinajstić information content (AvgIpc) is 2.83. The minimum absolute atomic E-state index is 0.323. The van der Waals surface area contributed by atoms with Crippen LogP contribution in [-0.4, -0.2) is 25.4 Å². The molecule has 0 amide bonds. The Balaban J connectivity index is 2.04. The molecular weight excluding hydrogens is 206 g/mol. The third-order valence-electron chi connectivity index (χ3n) is 2.45. The number of carboxylic acid groups (broad SMARTS) is 1. The van der Waals surface area contributed by atoms with Crippen molar-refractivity contribution in [2.24, 2.45) is 7.05 Å². The van der Waals surface area contributed by atoms with E-state index in [1.807, 2.05) is 13.2 Å². The quantitative estimate of drug-likeness (QED) is 0.839. The Labute approximate surface area is 92.9 Å². The van der Waals surface area contributed by atoms with E-state index in [0.717, 1.165) is 12.0 Å². The van der Waals surface area contributed by atoms with Gasteiger partial charge in [0.25, 0.3) is 0 Å². The molecule has 0 spiro atoms. The van der Waals surface area contributed by atoms with Gasteiger partial charge in [-0.2, -0.15) is 5.10 Å². The summed E-state index contributed by atoms with van der Waals surface area (Å²) in [7, 11) is 1.86. The summed E-state index contributed by atoms with van der Waals surface area (Å²) in [5, 5.41) is 13.0. The highest BCUT2D eigenvalue weighted by atomic mass is 16.4. The third kappa shape index (κ3) is 2.13. The zero-order valence-electron chi connectivity index (χ0n) is 9.00. The summed E-state index contributed by atoms with van der Waals surface area (Å²) in [6, 6.07) is 3.35. The molecule has 5 nitrogen and oxygen atoms in total. The molecule has 16 heavy (non-hydrogen) atoms. The summed E-state index contributed by atoms with van der Waals surface area (Å²) in [4.78, 5) is 10.9. The molecule has 0 aliphatic rings. The van der Waals surface area contributed by atoms with Gasteiger partial charge in [0.05, 0.1) is 6.20 Å². The molecule has 0 radical (unpaired) electrons. The first-order valence-electron chi connectivity index (χ1n) is 5.03. The van der Waals surface area contributed by atoms with E-state index in [2.05, 4.69) is 5.10 Å². The van der Waals surface area contributed by atoms with Crippen molar-refractivity contribution < 1.29 is 9.90 Å². The Kier molecular flexibility index (Phi) is 2.76. The van der Waals surface area contributed by atoms with Crippen molar-refractivity contribution >= 4 is 5.97 Å². The molecular formula is C11H13N3O2. The first kappa shape index (κ1) is 10.5. The maximum absolute atomic E-state index is 10.9. The molecule has 0 saturated carbocycles. The molecule has 1 N–H and O–H groups in total. The second-order valence-electron chi connectivity index (χ2n) is 3.66. The van der Waals surface area contributed by atoms with E-state index in [-0.39, 0.29) is 0 Å². The van der Waals surface area contributed by atoms with E-state index in [9.17, 15) is 4.79 Å². The van der Waals surface area contributed by atoms with E-state index in [0.29, 0.717) is 12.2 Å². The number of rotatable bonds is 4. The second-order valence-corrected chi connectivity index (χ2v) is 3.66. The Hall–Kier alpha value is -2.04. The number of carboxylic acids is 1. The summed E-state index contributed by atoms with van der Waals surface area (Å²) in [5.41, 5.74) is 1.43. The molecule has 84 valence electrons. The Bertz CT molecular complexity index is 499. The predicted octanol–water partition coefficient (Wildman–Crippen LogP) is 1.16. The minimum Gasteiger partial charge on any atom is -0.477 e. The van der Waals surface area contributed by atoms with Crippen molar-refractivity contribution in [2.45, 2.75) is 13.0 Å². The summed E-state index contributed by atoms with van der Waals surface area (Å²) in [6.07, 6.45) is 6.29. The molecule has 0 aliphatic carbocycles. The molecule has 0 aromatic carbocycles. The topological polar surface area (TPSA) is 60.0 Å². The zero-order valence-corrected chi connectivity index (χ0v) is 9.00. The molecule has 2 aromatic heterocycles. The molecule has 0 fully saturated rings. The molecule has 0 unspecified atom stereocenters. The zero-order chi connectivity index (χ0) is 11.5. The van der Waals surface area contributed by atoms with E-state index in [1.54, 1.807) is 33.8 Å². The number of nitrogens with zero attached hydrogens (tertiary/aromatic N) is 3.